The van der Waals surface area contributed by atoms with Crippen LogP contribution in [-0.2, 0) is 9.53 Å². The van der Waals surface area contributed by atoms with Gasteiger partial charge >= 0.3 is 0 Å². The number of rotatable bonds is 6. The molecule has 1 fully saturated rings. The highest BCUT2D eigenvalue weighted by molar-refractivity contribution is 5.97. The van der Waals surface area contributed by atoms with Crippen molar-refractivity contribution < 1.29 is 14.3 Å². The molecule has 1 unspecified atom stereocenters. The molecule has 0 heterocycles. The zero-order chi connectivity index (χ0) is 14.5. The molecule has 1 atom stereocenters. The van der Waals surface area contributed by atoms with Crippen LogP contribution < -0.4 is 16.4 Å². The third kappa shape index (κ3) is 3.79. The molecule has 6 heteroatoms. The van der Waals surface area contributed by atoms with Crippen molar-refractivity contribution in [3.8, 4) is 0 Å². The van der Waals surface area contributed by atoms with Crippen LogP contribution in [0.5, 0.6) is 0 Å². The van der Waals surface area contributed by atoms with Crippen molar-refractivity contribution in [3.05, 3.63) is 29.8 Å². The fraction of sp³-hybridized carbons (Fsp3) is 0.429. The number of methoxy groups -OCH3 is 1. The Morgan fingerprint density at radius 1 is 1.35 bits per heavy atom. The Bertz CT molecular complexity index is 479. The normalized spacial score (nSPS) is 15.5. The van der Waals surface area contributed by atoms with Gasteiger partial charge in [-0.3, -0.25) is 9.59 Å². The number of hydrogen-bond acceptors (Lipinski definition) is 4. The fourth-order valence-electron chi connectivity index (χ4n) is 1.73. The fourth-order valence-corrected chi connectivity index (χ4v) is 1.73. The predicted octanol–water partition coefficient (Wildman–Crippen LogP) is 0.491. The minimum Gasteiger partial charge on any atom is -0.370 e. The number of nitrogens with one attached hydrogen (secondary N) is 2. The molecule has 20 heavy (non-hydrogen) atoms. The first kappa shape index (κ1) is 14.5. The van der Waals surface area contributed by atoms with Gasteiger partial charge in [0.25, 0.3) is 11.8 Å². The zero-order valence-electron chi connectivity index (χ0n) is 11.4. The van der Waals surface area contributed by atoms with Crippen molar-refractivity contribution in [1.82, 2.24) is 5.32 Å². The van der Waals surface area contributed by atoms with Gasteiger partial charge in [-0.05, 0) is 37.1 Å². The monoisotopic (exact) mass is 277 g/mol. The van der Waals surface area contributed by atoms with Crippen LogP contribution in [0.25, 0.3) is 0 Å². The van der Waals surface area contributed by atoms with Gasteiger partial charge in [0, 0.05) is 30.9 Å². The summed E-state index contributed by atoms with van der Waals surface area (Å²) in [5.74, 6) is -0.382. The van der Waals surface area contributed by atoms with Crippen molar-refractivity contribution in [2.75, 3.05) is 19.0 Å². The Balaban J connectivity index is 1.93. The molecule has 1 aliphatic carbocycles. The first-order chi connectivity index (χ1) is 9.63. The number of nitrogens with two attached hydrogens (primary N) is 1. The summed E-state index contributed by atoms with van der Waals surface area (Å²) in [6.07, 6.45) is 1.43. The van der Waals surface area contributed by atoms with E-state index in [9.17, 15) is 9.59 Å². The van der Waals surface area contributed by atoms with Gasteiger partial charge in [0.15, 0.2) is 0 Å². The molecule has 0 saturated heterocycles. The number of benzene rings is 1. The number of amides is 2. The Morgan fingerprint density at radius 3 is 2.50 bits per heavy atom. The average molecular weight is 277 g/mol. The van der Waals surface area contributed by atoms with E-state index in [1.54, 1.807) is 24.3 Å². The van der Waals surface area contributed by atoms with Gasteiger partial charge in [0.1, 0.15) is 6.10 Å². The molecule has 1 aromatic rings. The maximum absolute atomic E-state index is 11.8. The molecule has 0 spiro atoms. The van der Waals surface area contributed by atoms with Gasteiger partial charge < -0.3 is 21.1 Å². The Kier molecular flexibility index (Phi) is 4.70. The molecule has 0 radical (unpaired) electrons. The molecular formula is C14H19N3O3. The van der Waals surface area contributed by atoms with Crippen LogP contribution in [0.1, 0.15) is 23.2 Å². The number of carbonyl (C=O) groups is 2. The van der Waals surface area contributed by atoms with E-state index >= 15 is 0 Å². The highest BCUT2D eigenvalue weighted by Crippen LogP contribution is 2.19. The molecule has 108 valence electrons. The van der Waals surface area contributed by atoms with Crippen molar-refractivity contribution in [3.63, 3.8) is 0 Å². The zero-order valence-corrected chi connectivity index (χ0v) is 11.4. The highest BCUT2D eigenvalue weighted by atomic mass is 16.5. The summed E-state index contributed by atoms with van der Waals surface area (Å²) in [5.41, 5.74) is 6.60. The average Bonchev–Trinajstić information content (AvgIpc) is 3.25. The molecular weight excluding hydrogens is 258 g/mol. The second-order valence-electron chi connectivity index (χ2n) is 4.77. The van der Waals surface area contributed by atoms with Crippen molar-refractivity contribution in [1.29, 1.82) is 0 Å². The van der Waals surface area contributed by atoms with Gasteiger partial charge in [-0.2, -0.15) is 0 Å². The Hall–Kier alpha value is -1.92. The highest BCUT2D eigenvalue weighted by Gasteiger charge is 2.23. The van der Waals surface area contributed by atoms with Gasteiger partial charge in [-0.15, -0.1) is 0 Å². The van der Waals surface area contributed by atoms with E-state index in [2.05, 4.69) is 10.6 Å². The van der Waals surface area contributed by atoms with Gasteiger partial charge in [-0.1, -0.05) is 0 Å². The molecule has 2 amide bonds. The molecule has 0 aliphatic heterocycles. The topological polar surface area (TPSA) is 93.4 Å². The number of hydrogen-bond donors (Lipinski definition) is 3. The van der Waals surface area contributed by atoms with Crippen molar-refractivity contribution in [2.24, 2.45) is 5.73 Å². The first-order valence-corrected chi connectivity index (χ1v) is 6.58. The Morgan fingerprint density at radius 2 is 2.00 bits per heavy atom. The molecule has 4 N–H and O–H groups in total. The van der Waals surface area contributed by atoms with Crippen LogP contribution in [0.15, 0.2) is 24.3 Å². The summed E-state index contributed by atoms with van der Waals surface area (Å²) in [6, 6.07) is 7.05. The van der Waals surface area contributed by atoms with Crippen LogP contribution >= 0.6 is 0 Å². The third-order valence-corrected chi connectivity index (χ3v) is 3.12. The van der Waals surface area contributed by atoms with E-state index in [4.69, 9.17) is 10.5 Å². The van der Waals surface area contributed by atoms with Gasteiger partial charge in [0.2, 0.25) is 0 Å². The lowest BCUT2D eigenvalue weighted by Crippen LogP contribution is -2.35. The third-order valence-electron chi connectivity index (χ3n) is 3.12. The molecule has 0 aromatic heterocycles. The standard InChI is InChI=1S/C14H19N3O3/c1-20-12(8-15)14(19)17-10-4-2-9(3-5-10)13(18)16-11-6-7-11/h2-5,11-12H,6-8,15H2,1H3,(H,16,18)(H,17,19). The van der Waals surface area contributed by atoms with E-state index in [-0.39, 0.29) is 18.4 Å². The summed E-state index contributed by atoms with van der Waals surface area (Å²) in [5, 5.41) is 5.59. The second-order valence-corrected chi connectivity index (χ2v) is 4.77. The van der Waals surface area contributed by atoms with E-state index in [1.165, 1.54) is 7.11 Å². The van der Waals surface area contributed by atoms with Crippen LogP contribution in [0.2, 0.25) is 0 Å². The smallest absolute Gasteiger partial charge is 0.254 e. The number of carbonyl (C=O) groups excluding carboxylic acids is 2. The maximum atomic E-state index is 11.8. The Labute approximate surface area is 117 Å². The molecule has 1 aliphatic rings. The molecule has 1 aromatic carbocycles. The van der Waals surface area contributed by atoms with E-state index < -0.39 is 6.10 Å². The molecule has 6 nitrogen and oxygen atoms in total. The summed E-state index contributed by atoms with van der Waals surface area (Å²) < 4.78 is 4.94. The van der Waals surface area contributed by atoms with Crippen molar-refractivity contribution in [2.45, 2.75) is 25.0 Å². The summed E-state index contributed by atoms with van der Waals surface area (Å²) in [4.78, 5) is 23.5. The maximum Gasteiger partial charge on any atom is 0.254 e. The van der Waals surface area contributed by atoms with Crippen molar-refractivity contribution >= 4 is 17.5 Å². The summed E-state index contributed by atoms with van der Waals surface area (Å²) in [6.45, 7) is 0.115. The van der Waals surface area contributed by atoms with Crippen LogP contribution in [-0.4, -0.2) is 37.6 Å². The molecule has 1 saturated carbocycles. The number of ether oxygens (including phenoxy) is 1. The second kappa shape index (κ2) is 6.49. The first-order valence-electron chi connectivity index (χ1n) is 6.58. The predicted molar refractivity (Wildman–Crippen MR) is 75.4 cm³/mol. The van der Waals surface area contributed by atoms with Crippen LogP contribution in [0.3, 0.4) is 0 Å². The van der Waals surface area contributed by atoms with E-state index in [1.807, 2.05) is 0 Å². The summed E-state index contributed by atoms with van der Waals surface area (Å²) >= 11 is 0. The quantitative estimate of drug-likeness (QED) is 0.705. The van der Waals surface area contributed by atoms with Gasteiger partial charge in [-0.25, -0.2) is 0 Å². The van der Waals surface area contributed by atoms with E-state index in [0.717, 1.165) is 12.8 Å². The SMILES string of the molecule is COC(CN)C(=O)Nc1ccc(C(=O)NC2CC2)cc1. The minimum absolute atomic E-state index is 0.0814. The van der Waals surface area contributed by atoms with Crippen LogP contribution in [0, 0.1) is 0 Å². The molecule has 0 bridgehead atoms. The summed E-state index contributed by atoms with van der Waals surface area (Å²) in [7, 11) is 1.43. The van der Waals surface area contributed by atoms with Gasteiger partial charge in [0.05, 0.1) is 0 Å². The minimum atomic E-state index is -0.673. The molecule has 2 rings (SSSR count). The van der Waals surface area contributed by atoms with Crippen LogP contribution in [0.4, 0.5) is 5.69 Å². The lowest BCUT2D eigenvalue weighted by Gasteiger charge is -2.13. The lowest BCUT2D eigenvalue weighted by atomic mass is 10.2. The lowest BCUT2D eigenvalue weighted by molar-refractivity contribution is -0.125. The number of anilines is 1. The van der Waals surface area contributed by atoms with E-state index in [0.29, 0.717) is 17.3 Å². The largest absolute Gasteiger partial charge is 0.370 e.